The first kappa shape index (κ1) is 24.6. The van der Waals surface area contributed by atoms with E-state index >= 15 is 0 Å². The lowest BCUT2D eigenvalue weighted by molar-refractivity contribution is 0.0948. The van der Waals surface area contributed by atoms with E-state index in [2.05, 4.69) is 55.7 Å². The summed E-state index contributed by atoms with van der Waals surface area (Å²) >= 11 is 3.07. The van der Waals surface area contributed by atoms with Crippen LogP contribution in [0.25, 0.3) is 20.8 Å². The molecule has 1 saturated heterocycles. The zero-order valence-corrected chi connectivity index (χ0v) is 22.2. The lowest BCUT2D eigenvalue weighted by Crippen LogP contribution is -2.28. The van der Waals surface area contributed by atoms with Gasteiger partial charge in [-0.3, -0.25) is 4.79 Å². The van der Waals surface area contributed by atoms with E-state index in [1.165, 1.54) is 37.3 Å². The summed E-state index contributed by atoms with van der Waals surface area (Å²) in [5.41, 5.74) is 6.06. The van der Waals surface area contributed by atoms with E-state index in [9.17, 15) is 4.79 Å². The van der Waals surface area contributed by atoms with Crippen LogP contribution >= 0.6 is 22.7 Å². The van der Waals surface area contributed by atoms with Crippen LogP contribution in [0, 0.1) is 0 Å². The molecular formula is C26H31N7OS2. The molecule has 3 N–H and O–H groups in total. The predicted octanol–water partition coefficient (Wildman–Crippen LogP) is 5.59. The summed E-state index contributed by atoms with van der Waals surface area (Å²) in [5, 5.41) is 12.5. The first-order valence-electron chi connectivity index (χ1n) is 12.4. The van der Waals surface area contributed by atoms with Gasteiger partial charge in [0, 0.05) is 41.6 Å². The molecule has 188 valence electrons. The van der Waals surface area contributed by atoms with Crippen molar-refractivity contribution in [2.75, 3.05) is 36.8 Å². The summed E-state index contributed by atoms with van der Waals surface area (Å²) in [6, 6.07) is 8.31. The largest absolute Gasteiger partial charge is 0.382 e. The first-order chi connectivity index (χ1) is 17.5. The number of rotatable bonds is 10. The number of pyridine rings is 1. The van der Waals surface area contributed by atoms with Crippen LogP contribution in [0.5, 0.6) is 0 Å². The van der Waals surface area contributed by atoms with Crippen molar-refractivity contribution >= 4 is 56.0 Å². The van der Waals surface area contributed by atoms with Gasteiger partial charge < -0.3 is 20.9 Å². The molecule has 4 heterocycles. The van der Waals surface area contributed by atoms with Crippen LogP contribution in [0.4, 0.5) is 17.2 Å². The fourth-order valence-electron chi connectivity index (χ4n) is 4.31. The monoisotopic (exact) mass is 521 g/mol. The zero-order chi connectivity index (χ0) is 24.9. The maximum Gasteiger partial charge on any atom is 0.270 e. The van der Waals surface area contributed by atoms with Crippen LogP contribution in [0.1, 0.15) is 43.6 Å². The molecule has 1 amide bonds. The normalized spacial score (nSPS) is 14.0. The van der Waals surface area contributed by atoms with Crippen molar-refractivity contribution in [3.63, 3.8) is 0 Å². The Hall–Kier alpha value is -3.08. The van der Waals surface area contributed by atoms with Crippen LogP contribution in [0.2, 0.25) is 0 Å². The molecule has 0 saturated carbocycles. The molecule has 1 aliphatic rings. The minimum absolute atomic E-state index is 0.123. The van der Waals surface area contributed by atoms with Crippen molar-refractivity contribution < 1.29 is 4.79 Å². The van der Waals surface area contributed by atoms with Crippen LogP contribution in [0.15, 0.2) is 41.4 Å². The third-order valence-corrected chi connectivity index (χ3v) is 7.72. The Kier molecular flexibility index (Phi) is 7.74. The number of hydrogen-bond donors (Lipinski definition) is 3. The highest BCUT2D eigenvalue weighted by molar-refractivity contribution is 7.16. The average Bonchev–Trinajstić information content (AvgIpc) is 3.63. The van der Waals surface area contributed by atoms with Crippen molar-refractivity contribution in [3.05, 3.63) is 47.0 Å². The van der Waals surface area contributed by atoms with Gasteiger partial charge in [0.05, 0.1) is 21.3 Å². The van der Waals surface area contributed by atoms with E-state index in [0.717, 1.165) is 50.9 Å². The molecule has 3 aromatic heterocycles. The van der Waals surface area contributed by atoms with Gasteiger partial charge in [0.25, 0.3) is 5.91 Å². The van der Waals surface area contributed by atoms with Crippen molar-refractivity contribution in [2.45, 2.75) is 39.2 Å². The molecule has 0 spiro atoms. The van der Waals surface area contributed by atoms with Gasteiger partial charge in [-0.1, -0.05) is 0 Å². The Morgan fingerprint density at radius 2 is 2.00 bits per heavy atom. The van der Waals surface area contributed by atoms with Crippen molar-refractivity contribution in [1.82, 2.24) is 25.2 Å². The topological polar surface area (TPSA) is 95.1 Å². The van der Waals surface area contributed by atoms with Crippen molar-refractivity contribution in [2.24, 2.45) is 0 Å². The first-order valence-corrected chi connectivity index (χ1v) is 14.1. The maximum absolute atomic E-state index is 12.7. The molecule has 1 aliphatic heterocycles. The Morgan fingerprint density at radius 1 is 1.14 bits per heavy atom. The van der Waals surface area contributed by atoms with E-state index in [-0.39, 0.29) is 11.9 Å². The van der Waals surface area contributed by atoms with Crippen LogP contribution < -0.4 is 16.0 Å². The standard InChI is InChI=1S/C26H31N7OS2/c1-17(2)30-21-13-24(31-18-6-7-20-23(12-18)36-16-29-20)28-14-19(21)26-32-22(15-35-26)25(34)27-8-5-11-33-9-3-4-10-33/h6-7,12-17H,3-5,8-11H2,1-2H3,(H,27,34)(H2,28,30,31). The van der Waals surface area contributed by atoms with E-state index in [4.69, 9.17) is 0 Å². The van der Waals surface area contributed by atoms with Crippen LogP contribution in [-0.2, 0) is 0 Å². The summed E-state index contributed by atoms with van der Waals surface area (Å²) in [5.74, 6) is 0.611. The summed E-state index contributed by atoms with van der Waals surface area (Å²) < 4.78 is 1.13. The maximum atomic E-state index is 12.7. The number of carbonyl (C=O) groups excluding carboxylic acids is 1. The second-order valence-electron chi connectivity index (χ2n) is 9.27. The number of fused-ring (bicyclic) bond motifs is 1. The van der Waals surface area contributed by atoms with Gasteiger partial charge in [-0.25, -0.2) is 15.0 Å². The Labute approximate surface area is 219 Å². The van der Waals surface area contributed by atoms with Crippen LogP contribution in [-0.4, -0.2) is 58.0 Å². The third-order valence-electron chi connectivity index (χ3n) is 6.05. The predicted molar refractivity (Wildman–Crippen MR) is 150 cm³/mol. The van der Waals surface area contributed by atoms with E-state index < -0.39 is 0 Å². The second-order valence-corrected chi connectivity index (χ2v) is 11.0. The molecule has 0 atom stereocenters. The lowest BCUT2D eigenvalue weighted by atomic mass is 10.2. The molecular weight excluding hydrogens is 490 g/mol. The molecule has 0 radical (unpaired) electrons. The van der Waals surface area contributed by atoms with Gasteiger partial charge in [0.15, 0.2) is 0 Å². The highest BCUT2D eigenvalue weighted by Gasteiger charge is 2.16. The van der Waals surface area contributed by atoms with Gasteiger partial charge in [0.1, 0.15) is 16.5 Å². The van der Waals surface area contributed by atoms with Gasteiger partial charge in [-0.05, 0) is 70.9 Å². The van der Waals surface area contributed by atoms with E-state index in [1.54, 1.807) is 11.3 Å². The summed E-state index contributed by atoms with van der Waals surface area (Å²) in [6.07, 6.45) is 5.35. The minimum Gasteiger partial charge on any atom is -0.382 e. The molecule has 0 bridgehead atoms. The molecule has 4 aromatic rings. The number of benzene rings is 1. The van der Waals surface area contributed by atoms with Crippen molar-refractivity contribution in [3.8, 4) is 10.6 Å². The molecule has 10 heteroatoms. The zero-order valence-electron chi connectivity index (χ0n) is 20.6. The number of aromatic nitrogens is 3. The van der Waals surface area contributed by atoms with E-state index in [0.29, 0.717) is 12.2 Å². The molecule has 0 unspecified atom stereocenters. The number of amides is 1. The summed E-state index contributed by atoms with van der Waals surface area (Å²) in [7, 11) is 0. The Morgan fingerprint density at radius 3 is 2.83 bits per heavy atom. The average molecular weight is 522 g/mol. The SMILES string of the molecule is CC(C)Nc1cc(Nc2ccc3ncsc3c2)ncc1-c1nc(C(=O)NCCCN2CCCC2)cs1. The quantitative estimate of drug-likeness (QED) is 0.234. The number of thiazole rings is 2. The van der Waals surface area contributed by atoms with Gasteiger partial charge >= 0.3 is 0 Å². The third kappa shape index (κ3) is 6.00. The number of nitrogens with one attached hydrogen (secondary N) is 3. The van der Waals surface area contributed by atoms with Gasteiger partial charge in [-0.2, -0.15) is 0 Å². The summed E-state index contributed by atoms with van der Waals surface area (Å²) in [4.78, 5) is 28.7. The lowest BCUT2D eigenvalue weighted by Gasteiger charge is -2.15. The Balaban J connectivity index is 1.27. The molecule has 0 aliphatic carbocycles. The molecule has 8 nitrogen and oxygen atoms in total. The van der Waals surface area contributed by atoms with E-state index in [1.807, 2.05) is 35.3 Å². The number of hydrogen-bond acceptors (Lipinski definition) is 9. The molecule has 36 heavy (non-hydrogen) atoms. The number of likely N-dealkylation sites (tertiary alicyclic amines) is 1. The van der Waals surface area contributed by atoms with Gasteiger partial charge in [0.2, 0.25) is 0 Å². The number of anilines is 3. The minimum atomic E-state index is -0.123. The smallest absolute Gasteiger partial charge is 0.270 e. The van der Waals surface area contributed by atoms with Gasteiger partial charge in [-0.15, -0.1) is 22.7 Å². The highest BCUT2D eigenvalue weighted by atomic mass is 32.1. The fraction of sp³-hybridized carbons (Fsp3) is 0.385. The molecule has 5 rings (SSSR count). The Bertz CT molecular complexity index is 1330. The second kappa shape index (κ2) is 11.3. The number of nitrogens with zero attached hydrogens (tertiary/aromatic N) is 4. The van der Waals surface area contributed by atoms with Crippen LogP contribution in [0.3, 0.4) is 0 Å². The van der Waals surface area contributed by atoms with Crippen molar-refractivity contribution in [1.29, 1.82) is 0 Å². The molecule has 1 aromatic carbocycles. The molecule has 1 fully saturated rings. The fourth-order valence-corrected chi connectivity index (χ4v) is 5.85. The summed E-state index contributed by atoms with van der Waals surface area (Å²) in [6.45, 7) is 8.25. The highest BCUT2D eigenvalue weighted by Crippen LogP contribution is 2.33. The number of carbonyl (C=O) groups is 1.